The van der Waals surface area contributed by atoms with E-state index in [0.717, 1.165) is 13.1 Å². The molecule has 4 nitrogen and oxygen atoms in total. The van der Waals surface area contributed by atoms with E-state index in [1.54, 1.807) is 23.1 Å². The van der Waals surface area contributed by atoms with Crippen molar-refractivity contribution in [3.8, 4) is 5.75 Å². The van der Waals surface area contributed by atoms with E-state index in [4.69, 9.17) is 27.9 Å². The van der Waals surface area contributed by atoms with Gasteiger partial charge in [-0.3, -0.25) is 4.79 Å². The van der Waals surface area contributed by atoms with Crippen LogP contribution in [0.5, 0.6) is 5.75 Å². The van der Waals surface area contributed by atoms with Crippen LogP contribution in [0.2, 0.25) is 10.0 Å². The van der Waals surface area contributed by atoms with Crippen LogP contribution >= 0.6 is 35.6 Å². The molecule has 20 heavy (non-hydrogen) atoms. The molecule has 1 aromatic carbocycles. The summed E-state index contributed by atoms with van der Waals surface area (Å²) in [6.45, 7) is 4.27. The Morgan fingerprint density at radius 1 is 1.45 bits per heavy atom. The van der Waals surface area contributed by atoms with Crippen LogP contribution in [0.1, 0.15) is 6.92 Å². The molecular weight excluding hydrogens is 323 g/mol. The molecule has 2 rings (SSSR count). The average molecular weight is 340 g/mol. The van der Waals surface area contributed by atoms with Gasteiger partial charge in [0.15, 0.2) is 12.4 Å². The Morgan fingerprint density at radius 3 is 2.70 bits per heavy atom. The van der Waals surface area contributed by atoms with Gasteiger partial charge in [0, 0.05) is 25.7 Å². The smallest absolute Gasteiger partial charge is 0.260 e. The Balaban J connectivity index is 0.00000200. The van der Waals surface area contributed by atoms with Crippen molar-refractivity contribution in [2.24, 2.45) is 0 Å². The monoisotopic (exact) mass is 338 g/mol. The van der Waals surface area contributed by atoms with E-state index in [9.17, 15) is 4.79 Å². The minimum absolute atomic E-state index is 0. The average Bonchev–Trinajstić information content (AvgIpc) is 2.38. The van der Waals surface area contributed by atoms with Crippen molar-refractivity contribution >= 4 is 41.5 Å². The fraction of sp³-hybridized carbons (Fsp3) is 0.462. The Hall–Kier alpha value is -0.680. The van der Waals surface area contributed by atoms with Crippen LogP contribution in [0.3, 0.4) is 0 Å². The van der Waals surface area contributed by atoms with E-state index in [0.29, 0.717) is 22.3 Å². The van der Waals surface area contributed by atoms with E-state index >= 15 is 0 Å². The predicted octanol–water partition coefficient (Wildman–Crippen LogP) is 2.61. The van der Waals surface area contributed by atoms with E-state index in [1.165, 1.54) is 0 Å². The first-order valence-corrected chi connectivity index (χ1v) is 6.92. The first-order chi connectivity index (χ1) is 9.09. The normalized spacial score (nSPS) is 18.4. The van der Waals surface area contributed by atoms with Gasteiger partial charge in [0.25, 0.3) is 5.91 Å². The molecule has 0 saturated carbocycles. The molecule has 1 aliphatic rings. The molecular formula is C13H17Cl3N2O2. The molecule has 7 heteroatoms. The van der Waals surface area contributed by atoms with Crippen LogP contribution in [-0.4, -0.2) is 43.1 Å². The maximum absolute atomic E-state index is 12.1. The molecule has 112 valence electrons. The highest BCUT2D eigenvalue weighted by Gasteiger charge is 2.23. The molecule has 1 amide bonds. The van der Waals surface area contributed by atoms with E-state index in [2.05, 4.69) is 5.32 Å². The Kier molecular flexibility index (Phi) is 6.89. The molecule has 0 aliphatic carbocycles. The number of nitrogens with one attached hydrogen (secondary N) is 1. The zero-order valence-corrected chi connectivity index (χ0v) is 13.4. The quantitative estimate of drug-likeness (QED) is 0.920. The third kappa shape index (κ3) is 4.16. The second-order valence-electron chi connectivity index (χ2n) is 4.48. The number of carbonyl (C=O) groups is 1. The second-order valence-corrected chi connectivity index (χ2v) is 5.29. The highest BCUT2D eigenvalue weighted by Crippen LogP contribution is 2.32. The summed E-state index contributed by atoms with van der Waals surface area (Å²) in [6.07, 6.45) is 0. The van der Waals surface area contributed by atoms with Crippen molar-refractivity contribution in [1.82, 2.24) is 10.2 Å². The molecule has 1 heterocycles. The maximum atomic E-state index is 12.1. The summed E-state index contributed by atoms with van der Waals surface area (Å²) in [5.41, 5.74) is 0. The first kappa shape index (κ1) is 17.4. The molecule has 0 spiro atoms. The van der Waals surface area contributed by atoms with Crippen molar-refractivity contribution in [3.63, 3.8) is 0 Å². The van der Waals surface area contributed by atoms with Gasteiger partial charge in [0.1, 0.15) is 0 Å². The van der Waals surface area contributed by atoms with Crippen molar-refractivity contribution in [1.29, 1.82) is 0 Å². The molecule has 1 atom stereocenters. The highest BCUT2D eigenvalue weighted by atomic mass is 35.5. The van der Waals surface area contributed by atoms with Gasteiger partial charge in [-0.25, -0.2) is 0 Å². The number of para-hydroxylation sites is 1. The number of hydrogen-bond donors (Lipinski definition) is 1. The van der Waals surface area contributed by atoms with E-state index in [-0.39, 0.29) is 31.0 Å². The van der Waals surface area contributed by atoms with E-state index < -0.39 is 0 Å². The Bertz CT molecular complexity index is 451. The molecule has 0 aromatic heterocycles. The number of rotatable bonds is 3. The summed E-state index contributed by atoms with van der Waals surface area (Å²) in [5, 5.41) is 4.06. The summed E-state index contributed by atoms with van der Waals surface area (Å²) in [5.74, 6) is 0.312. The van der Waals surface area contributed by atoms with Crippen LogP contribution in [-0.2, 0) is 4.79 Å². The van der Waals surface area contributed by atoms with Crippen molar-refractivity contribution in [3.05, 3.63) is 28.2 Å². The molecule has 1 fully saturated rings. The molecule has 1 aromatic rings. The van der Waals surface area contributed by atoms with Crippen molar-refractivity contribution in [2.45, 2.75) is 13.0 Å². The standard InChI is InChI=1S/C13H16Cl2N2O2.ClH/c1-9-7-16-5-6-17(9)12(18)8-19-13-10(14)3-2-4-11(13)15;/h2-4,9,16H,5-8H2,1H3;1H/t9-;/m0./s1. The number of nitrogens with zero attached hydrogens (tertiary/aromatic N) is 1. The molecule has 0 radical (unpaired) electrons. The van der Waals surface area contributed by atoms with Gasteiger partial charge >= 0.3 is 0 Å². The van der Waals surface area contributed by atoms with Gasteiger partial charge in [0.2, 0.25) is 0 Å². The zero-order chi connectivity index (χ0) is 13.8. The number of carbonyl (C=O) groups excluding carboxylic acids is 1. The van der Waals surface area contributed by atoms with E-state index in [1.807, 2.05) is 6.92 Å². The fourth-order valence-corrected chi connectivity index (χ4v) is 2.56. The molecule has 0 unspecified atom stereocenters. The van der Waals surface area contributed by atoms with Gasteiger partial charge in [-0.2, -0.15) is 0 Å². The Morgan fingerprint density at radius 2 is 2.10 bits per heavy atom. The maximum Gasteiger partial charge on any atom is 0.260 e. The Labute approximate surface area is 134 Å². The summed E-state index contributed by atoms with van der Waals surface area (Å²) in [7, 11) is 0. The third-order valence-corrected chi connectivity index (χ3v) is 3.68. The molecule has 0 bridgehead atoms. The highest BCUT2D eigenvalue weighted by molar-refractivity contribution is 6.37. The molecule has 1 saturated heterocycles. The predicted molar refractivity (Wildman–Crippen MR) is 83.2 cm³/mol. The van der Waals surface area contributed by atoms with Crippen LogP contribution < -0.4 is 10.1 Å². The zero-order valence-electron chi connectivity index (χ0n) is 11.1. The lowest BCUT2D eigenvalue weighted by Gasteiger charge is -2.33. The largest absolute Gasteiger partial charge is 0.481 e. The topological polar surface area (TPSA) is 41.6 Å². The van der Waals surface area contributed by atoms with Crippen LogP contribution in [0, 0.1) is 0 Å². The number of amides is 1. The third-order valence-electron chi connectivity index (χ3n) is 3.08. The molecule has 1 aliphatic heterocycles. The van der Waals surface area contributed by atoms with Gasteiger partial charge in [-0.15, -0.1) is 12.4 Å². The minimum Gasteiger partial charge on any atom is -0.481 e. The van der Waals surface area contributed by atoms with Gasteiger partial charge in [-0.1, -0.05) is 29.3 Å². The van der Waals surface area contributed by atoms with Crippen LogP contribution in [0.4, 0.5) is 0 Å². The van der Waals surface area contributed by atoms with Gasteiger partial charge in [0.05, 0.1) is 10.0 Å². The molecule has 1 N–H and O–H groups in total. The van der Waals surface area contributed by atoms with Crippen molar-refractivity contribution < 1.29 is 9.53 Å². The fourth-order valence-electron chi connectivity index (χ4n) is 2.05. The number of halogens is 3. The summed E-state index contributed by atoms with van der Waals surface area (Å²) >= 11 is 12.0. The first-order valence-electron chi connectivity index (χ1n) is 6.16. The minimum atomic E-state index is -0.0509. The number of ether oxygens (including phenoxy) is 1. The van der Waals surface area contributed by atoms with Crippen LogP contribution in [0.25, 0.3) is 0 Å². The van der Waals surface area contributed by atoms with Gasteiger partial charge < -0.3 is 15.0 Å². The lowest BCUT2D eigenvalue weighted by Crippen LogP contribution is -2.53. The SMILES string of the molecule is C[C@H]1CNCCN1C(=O)COc1c(Cl)cccc1Cl.Cl. The summed E-state index contributed by atoms with van der Waals surface area (Å²) in [4.78, 5) is 13.9. The number of piperazine rings is 1. The summed E-state index contributed by atoms with van der Waals surface area (Å²) in [6, 6.07) is 5.27. The lowest BCUT2D eigenvalue weighted by atomic mass is 10.2. The van der Waals surface area contributed by atoms with Crippen LogP contribution in [0.15, 0.2) is 18.2 Å². The lowest BCUT2D eigenvalue weighted by molar-refractivity contribution is -0.136. The number of benzene rings is 1. The van der Waals surface area contributed by atoms with Crippen molar-refractivity contribution in [2.75, 3.05) is 26.2 Å². The van der Waals surface area contributed by atoms with Gasteiger partial charge in [-0.05, 0) is 19.1 Å². The second kappa shape index (κ2) is 7.93. The number of hydrogen-bond acceptors (Lipinski definition) is 3. The summed E-state index contributed by atoms with van der Waals surface area (Å²) < 4.78 is 5.46.